The van der Waals surface area contributed by atoms with Crippen molar-refractivity contribution < 1.29 is 4.74 Å². The minimum absolute atomic E-state index is 0.619. The summed E-state index contributed by atoms with van der Waals surface area (Å²) >= 11 is 0. The lowest BCUT2D eigenvalue weighted by molar-refractivity contribution is 0.414. The fraction of sp³-hybridized carbons (Fsp3) is 0.250. The van der Waals surface area contributed by atoms with Gasteiger partial charge >= 0.3 is 0 Å². The molecule has 0 saturated heterocycles. The van der Waals surface area contributed by atoms with E-state index in [1.165, 1.54) is 0 Å². The maximum atomic E-state index is 9.01. The number of rotatable bonds is 3. The molecule has 0 N–H and O–H groups in total. The fourth-order valence-electron chi connectivity index (χ4n) is 1.17. The van der Waals surface area contributed by atoms with Crippen molar-refractivity contribution in [1.82, 2.24) is 0 Å². The van der Waals surface area contributed by atoms with E-state index in [9.17, 15) is 0 Å². The largest absolute Gasteiger partial charge is 0.497 e. The third-order valence-electron chi connectivity index (χ3n) is 2.33. The Labute approximate surface area is 84.4 Å². The van der Waals surface area contributed by atoms with Gasteiger partial charge in [-0.25, -0.2) is 0 Å². The Bertz CT molecular complexity index is 361. The van der Waals surface area contributed by atoms with Crippen LogP contribution in [0.2, 0.25) is 0 Å². The van der Waals surface area contributed by atoms with Gasteiger partial charge in [-0.3, -0.25) is 0 Å². The van der Waals surface area contributed by atoms with Crippen molar-refractivity contribution in [2.24, 2.45) is 0 Å². The minimum atomic E-state index is -0.619. The highest BCUT2D eigenvalue weighted by Crippen LogP contribution is 2.25. The second kappa shape index (κ2) is 3.97. The summed E-state index contributed by atoms with van der Waals surface area (Å²) in [4.78, 5) is 0. The smallest absolute Gasteiger partial charge is 0.118 e. The first-order valence-electron chi connectivity index (χ1n) is 4.35. The monoisotopic (exact) mass is 187 g/mol. The van der Waals surface area contributed by atoms with Crippen LogP contribution in [0.1, 0.15) is 12.5 Å². The zero-order valence-electron chi connectivity index (χ0n) is 8.45. The van der Waals surface area contributed by atoms with Crippen LogP contribution >= 0.6 is 0 Å². The van der Waals surface area contributed by atoms with Gasteiger partial charge in [-0.15, -0.1) is 6.58 Å². The summed E-state index contributed by atoms with van der Waals surface area (Å²) in [5.74, 6) is 0.790. The summed E-state index contributed by atoms with van der Waals surface area (Å²) in [5, 5.41) is 9.01. The molecule has 1 aromatic rings. The number of hydrogen-bond acceptors (Lipinski definition) is 2. The number of allylic oxidation sites excluding steroid dienone is 1. The molecule has 0 aliphatic heterocycles. The van der Waals surface area contributed by atoms with Crippen LogP contribution in [-0.4, -0.2) is 7.11 Å². The lowest BCUT2D eigenvalue weighted by Gasteiger charge is -2.16. The number of nitriles is 1. The number of nitrogens with zero attached hydrogens (tertiary/aromatic N) is 1. The lowest BCUT2D eigenvalue weighted by Crippen LogP contribution is -2.15. The summed E-state index contributed by atoms with van der Waals surface area (Å²) in [6.07, 6.45) is 1.65. The molecule has 0 spiro atoms. The third-order valence-corrected chi connectivity index (χ3v) is 2.33. The first kappa shape index (κ1) is 10.3. The standard InChI is InChI=1S/C12H13NO/c1-4-12(2,9-13)10-5-7-11(14-3)8-6-10/h4-8H,1H2,2-3H3. The summed E-state index contributed by atoms with van der Waals surface area (Å²) < 4.78 is 5.04. The Kier molecular flexibility index (Phi) is 2.93. The molecule has 0 bridgehead atoms. The van der Waals surface area contributed by atoms with Crippen LogP contribution in [0.3, 0.4) is 0 Å². The predicted octanol–water partition coefficient (Wildman–Crippen LogP) is 2.66. The van der Waals surface area contributed by atoms with Gasteiger partial charge in [0.1, 0.15) is 5.75 Å². The Morgan fingerprint density at radius 3 is 2.36 bits per heavy atom. The van der Waals surface area contributed by atoms with Crippen molar-refractivity contribution >= 4 is 0 Å². The van der Waals surface area contributed by atoms with Gasteiger partial charge in [0.2, 0.25) is 0 Å². The SMILES string of the molecule is C=CC(C)(C#N)c1ccc(OC)cc1. The first-order valence-corrected chi connectivity index (χ1v) is 4.35. The molecule has 1 atom stereocenters. The minimum Gasteiger partial charge on any atom is -0.497 e. The molecule has 1 unspecified atom stereocenters. The summed E-state index contributed by atoms with van der Waals surface area (Å²) in [7, 11) is 1.62. The van der Waals surface area contributed by atoms with Gasteiger partial charge < -0.3 is 4.74 Å². The molecule has 0 fully saturated rings. The molecule has 14 heavy (non-hydrogen) atoms. The van der Waals surface area contributed by atoms with Gasteiger partial charge in [-0.2, -0.15) is 5.26 Å². The van der Waals surface area contributed by atoms with Crippen LogP contribution < -0.4 is 4.74 Å². The van der Waals surface area contributed by atoms with Crippen LogP contribution in [0, 0.1) is 11.3 Å². The zero-order chi connectivity index (χ0) is 10.6. The normalized spacial score (nSPS) is 13.8. The van der Waals surface area contributed by atoms with E-state index in [2.05, 4.69) is 12.6 Å². The number of methoxy groups -OCH3 is 1. The molecule has 0 aliphatic rings. The molecule has 1 rings (SSSR count). The molecule has 0 heterocycles. The van der Waals surface area contributed by atoms with E-state index in [1.807, 2.05) is 31.2 Å². The molecule has 0 amide bonds. The Morgan fingerprint density at radius 1 is 1.43 bits per heavy atom. The van der Waals surface area contributed by atoms with E-state index in [0.717, 1.165) is 11.3 Å². The number of benzene rings is 1. The van der Waals surface area contributed by atoms with Crippen molar-refractivity contribution in [2.45, 2.75) is 12.3 Å². The maximum absolute atomic E-state index is 9.01. The van der Waals surface area contributed by atoms with Crippen molar-refractivity contribution in [3.63, 3.8) is 0 Å². The summed E-state index contributed by atoms with van der Waals surface area (Å²) in [6.45, 7) is 5.50. The molecule has 2 heteroatoms. The van der Waals surface area contributed by atoms with Crippen LogP contribution in [-0.2, 0) is 5.41 Å². The van der Waals surface area contributed by atoms with E-state index < -0.39 is 5.41 Å². The second-order valence-electron chi connectivity index (χ2n) is 3.25. The molecule has 0 aromatic heterocycles. The quantitative estimate of drug-likeness (QED) is 0.681. The van der Waals surface area contributed by atoms with Crippen LogP contribution in [0.4, 0.5) is 0 Å². The van der Waals surface area contributed by atoms with Crippen molar-refractivity contribution in [3.05, 3.63) is 42.5 Å². The zero-order valence-corrected chi connectivity index (χ0v) is 8.45. The van der Waals surface area contributed by atoms with Crippen molar-refractivity contribution in [2.75, 3.05) is 7.11 Å². The van der Waals surface area contributed by atoms with Crippen molar-refractivity contribution in [1.29, 1.82) is 5.26 Å². The first-order chi connectivity index (χ1) is 6.66. The van der Waals surface area contributed by atoms with Gasteiger partial charge in [0.05, 0.1) is 18.6 Å². The highest BCUT2D eigenvalue weighted by atomic mass is 16.5. The number of hydrogen-bond donors (Lipinski definition) is 0. The molecule has 0 aliphatic carbocycles. The highest BCUT2D eigenvalue weighted by Gasteiger charge is 2.21. The van der Waals surface area contributed by atoms with E-state index >= 15 is 0 Å². The topological polar surface area (TPSA) is 33.0 Å². The van der Waals surface area contributed by atoms with E-state index in [-0.39, 0.29) is 0 Å². The maximum Gasteiger partial charge on any atom is 0.118 e. The molecule has 2 nitrogen and oxygen atoms in total. The highest BCUT2D eigenvalue weighted by molar-refractivity contribution is 5.39. The molecule has 72 valence electrons. The molecule has 0 radical (unpaired) electrons. The van der Waals surface area contributed by atoms with Crippen LogP contribution in [0.5, 0.6) is 5.75 Å². The molecule has 1 aromatic carbocycles. The second-order valence-corrected chi connectivity index (χ2v) is 3.25. The Hall–Kier alpha value is -1.75. The van der Waals surface area contributed by atoms with Gasteiger partial charge in [0.25, 0.3) is 0 Å². The molecular formula is C12H13NO. The average Bonchev–Trinajstić information content (AvgIpc) is 2.28. The van der Waals surface area contributed by atoms with Gasteiger partial charge in [0, 0.05) is 0 Å². The number of ether oxygens (including phenoxy) is 1. The van der Waals surface area contributed by atoms with Gasteiger partial charge in [-0.05, 0) is 24.6 Å². The van der Waals surface area contributed by atoms with Crippen molar-refractivity contribution in [3.8, 4) is 11.8 Å². The Morgan fingerprint density at radius 2 is 2.00 bits per heavy atom. The summed E-state index contributed by atoms with van der Waals surface area (Å²) in [5.41, 5.74) is 0.308. The van der Waals surface area contributed by atoms with E-state index in [4.69, 9.17) is 10.00 Å². The fourth-order valence-corrected chi connectivity index (χ4v) is 1.17. The average molecular weight is 187 g/mol. The van der Waals surface area contributed by atoms with Crippen LogP contribution in [0.25, 0.3) is 0 Å². The van der Waals surface area contributed by atoms with Gasteiger partial charge in [0.15, 0.2) is 0 Å². The van der Waals surface area contributed by atoms with E-state index in [0.29, 0.717) is 0 Å². The Balaban J connectivity index is 3.09. The molecule has 0 saturated carbocycles. The van der Waals surface area contributed by atoms with Crippen LogP contribution in [0.15, 0.2) is 36.9 Å². The van der Waals surface area contributed by atoms with Gasteiger partial charge in [-0.1, -0.05) is 18.2 Å². The third kappa shape index (κ3) is 1.77. The summed E-state index contributed by atoms with van der Waals surface area (Å²) in [6, 6.07) is 9.66. The predicted molar refractivity (Wildman–Crippen MR) is 56.2 cm³/mol. The lowest BCUT2D eigenvalue weighted by atomic mass is 9.84. The van der Waals surface area contributed by atoms with E-state index in [1.54, 1.807) is 13.2 Å². The molecular weight excluding hydrogens is 174 g/mol.